The van der Waals surface area contributed by atoms with Crippen molar-refractivity contribution in [1.82, 2.24) is 4.90 Å². The molecule has 2 N–H and O–H groups in total. The molecule has 5 heteroatoms. The summed E-state index contributed by atoms with van der Waals surface area (Å²) in [6.45, 7) is 3.28. The number of rotatable bonds is 5. The van der Waals surface area contributed by atoms with Crippen molar-refractivity contribution >= 4 is 0 Å². The van der Waals surface area contributed by atoms with Crippen molar-refractivity contribution in [3.8, 4) is 0 Å². The van der Waals surface area contributed by atoms with E-state index in [1.807, 2.05) is 13.0 Å². The van der Waals surface area contributed by atoms with Gasteiger partial charge in [-0.3, -0.25) is 4.90 Å². The Kier molecular flexibility index (Phi) is 5.10. The SMILES string of the molecule is COC1CN(C(c2ccccc2F)C(C)N)CC1OC. The van der Waals surface area contributed by atoms with Crippen LogP contribution in [0.2, 0.25) is 0 Å². The number of benzene rings is 1. The molecule has 4 nitrogen and oxygen atoms in total. The van der Waals surface area contributed by atoms with Crippen LogP contribution < -0.4 is 5.73 Å². The van der Waals surface area contributed by atoms with Crippen molar-refractivity contribution in [2.24, 2.45) is 5.73 Å². The zero-order valence-corrected chi connectivity index (χ0v) is 12.3. The van der Waals surface area contributed by atoms with Gasteiger partial charge in [0.25, 0.3) is 0 Å². The molecule has 2 rings (SSSR count). The van der Waals surface area contributed by atoms with E-state index < -0.39 is 0 Å². The minimum absolute atomic E-state index is 0.00646. The van der Waals surface area contributed by atoms with Crippen LogP contribution in [-0.2, 0) is 9.47 Å². The Morgan fingerprint density at radius 1 is 1.20 bits per heavy atom. The lowest BCUT2D eigenvalue weighted by Gasteiger charge is -2.31. The van der Waals surface area contributed by atoms with E-state index in [9.17, 15) is 4.39 Å². The van der Waals surface area contributed by atoms with Gasteiger partial charge >= 0.3 is 0 Å². The van der Waals surface area contributed by atoms with Gasteiger partial charge in [0, 0.05) is 38.9 Å². The highest BCUT2D eigenvalue weighted by Crippen LogP contribution is 2.30. The fraction of sp³-hybridized carbons (Fsp3) is 0.600. The van der Waals surface area contributed by atoms with Gasteiger partial charge in [0.05, 0.1) is 18.2 Å². The van der Waals surface area contributed by atoms with Crippen LogP contribution in [0.25, 0.3) is 0 Å². The number of likely N-dealkylation sites (tertiary alicyclic amines) is 1. The molecule has 1 aliphatic rings. The summed E-state index contributed by atoms with van der Waals surface area (Å²) < 4.78 is 24.9. The van der Waals surface area contributed by atoms with E-state index in [0.717, 1.165) is 0 Å². The fourth-order valence-corrected chi connectivity index (χ4v) is 2.98. The number of methoxy groups -OCH3 is 2. The largest absolute Gasteiger partial charge is 0.377 e. The van der Waals surface area contributed by atoms with Crippen molar-refractivity contribution in [3.05, 3.63) is 35.6 Å². The van der Waals surface area contributed by atoms with Gasteiger partial charge < -0.3 is 15.2 Å². The van der Waals surface area contributed by atoms with E-state index in [1.165, 1.54) is 6.07 Å². The first-order valence-electron chi connectivity index (χ1n) is 6.88. The molecule has 1 fully saturated rings. The highest BCUT2D eigenvalue weighted by Gasteiger charge is 2.38. The van der Waals surface area contributed by atoms with E-state index in [4.69, 9.17) is 15.2 Å². The van der Waals surface area contributed by atoms with Crippen LogP contribution in [0.3, 0.4) is 0 Å². The third-order valence-electron chi connectivity index (χ3n) is 3.96. The second-order valence-electron chi connectivity index (χ2n) is 5.33. The monoisotopic (exact) mass is 282 g/mol. The summed E-state index contributed by atoms with van der Waals surface area (Å²) in [5.74, 6) is -0.218. The Bertz CT molecular complexity index is 430. The second kappa shape index (κ2) is 6.63. The first kappa shape index (κ1) is 15.4. The molecule has 20 heavy (non-hydrogen) atoms. The lowest BCUT2D eigenvalue weighted by molar-refractivity contribution is -0.00461. The van der Waals surface area contributed by atoms with E-state index in [0.29, 0.717) is 18.7 Å². The summed E-state index contributed by atoms with van der Waals surface area (Å²) in [5.41, 5.74) is 6.73. The minimum Gasteiger partial charge on any atom is -0.377 e. The molecule has 1 aromatic carbocycles. The molecule has 112 valence electrons. The van der Waals surface area contributed by atoms with Gasteiger partial charge in [0.15, 0.2) is 0 Å². The third kappa shape index (κ3) is 3.01. The summed E-state index contributed by atoms with van der Waals surface area (Å²) in [7, 11) is 3.34. The molecule has 1 saturated heterocycles. The molecule has 4 unspecified atom stereocenters. The number of ether oxygens (including phenoxy) is 2. The van der Waals surface area contributed by atoms with Gasteiger partial charge in [-0.25, -0.2) is 4.39 Å². The van der Waals surface area contributed by atoms with Crippen molar-refractivity contribution < 1.29 is 13.9 Å². The summed E-state index contributed by atoms with van der Waals surface area (Å²) in [5, 5.41) is 0. The third-order valence-corrected chi connectivity index (χ3v) is 3.96. The Morgan fingerprint density at radius 2 is 1.75 bits per heavy atom. The van der Waals surface area contributed by atoms with Crippen LogP contribution in [0, 0.1) is 5.82 Å². The van der Waals surface area contributed by atoms with Crippen molar-refractivity contribution in [2.45, 2.75) is 31.2 Å². The molecule has 0 aromatic heterocycles. The van der Waals surface area contributed by atoms with Crippen molar-refractivity contribution in [1.29, 1.82) is 0 Å². The topological polar surface area (TPSA) is 47.7 Å². The Labute approximate surface area is 119 Å². The maximum Gasteiger partial charge on any atom is 0.128 e. The fourth-order valence-electron chi connectivity index (χ4n) is 2.98. The number of halogens is 1. The van der Waals surface area contributed by atoms with Gasteiger partial charge in [-0.1, -0.05) is 18.2 Å². The first-order chi connectivity index (χ1) is 9.58. The molecule has 0 radical (unpaired) electrons. The van der Waals surface area contributed by atoms with Gasteiger partial charge in [-0.2, -0.15) is 0 Å². The molecular weight excluding hydrogens is 259 g/mol. The summed E-state index contributed by atoms with van der Waals surface area (Å²) in [6, 6.07) is 6.45. The average molecular weight is 282 g/mol. The Morgan fingerprint density at radius 3 is 2.20 bits per heavy atom. The Balaban J connectivity index is 2.25. The summed E-state index contributed by atoms with van der Waals surface area (Å²) in [6.07, 6.45) is -0.0129. The minimum atomic E-state index is -0.218. The lowest BCUT2D eigenvalue weighted by atomic mass is 9.99. The molecule has 1 aliphatic heterocycles. The van der Waals surface area contributed by atoms with Crippen LogP contribution in [-0.4, -0.2) is 50.5 Å². The maximum atomic E-state index is 14.1. The second-order valence-corrected chi connectivity index (χ2v) is 5.33. The van der Waals surface area contributed by atoms with Crippen LogP contribution in [0.1, 0.15) is 18.5 Å². The number of hydrogen-bond donors (Lipinski definition) is 1. The molecule has 1 heterocycles. The highest BCUT2D eigenvalue weighted by molar-refractivity contribution is 5.23. The van der Waals surface area contributed by atoms with Crippen LogP contribution >= 0.6 is 0 Å². The molecule has 0 saturated carbocycles. The number of hydrogen-bond acceptors (Lipinski definition) is 4. The first-order valence-corrected chi connectivity index (χ1v) is 6.88. The van der Waals surface area contributed by atoms with Crippen LogP contribution in [0.5, 0.6) is 0 Å². The molecule has 0 bridgehead atoms. The normalized spacial score (nSPS) is 26.6. The molecule has 1 aromatic rings. The quantitative estimate of drug-likeness (QED) is 0.890. The predicted molar refractivity (Wildman–Crippen MR) is 76.0 cm³/mol. The molecule has 0 spiro atoms. The highest BCUT2D eigenvalue weighted by atomic mass is 19.1. The standard InChI is InChI=1S/C15H23FN2O2/c1-10(17)15(11-6-4-5-7-12(11)16)18-8-13(19-2)14(9-18)20-3/h4-7,10,13-15H,8-9,17H2,1-3H3. The average Bonchev–Trinajstić information content (AvgIpc) is 2.84. The summed E-state index contributed by atoms with van der Waals surface area (Å²) >= 11 is 0. The number of nitrogens with zero attached hydrogens (tertiary/aromatic N) is 1. The van der Waals surface area contributed by atoms with Crippen molar-refractivity contribution in [3.63, 3.8) is 0 Å². The number of nitrogens with two attached hydrogens (primary N) is 1. The van der Waals surface area contributed by atoms with Gasteiger partial charge in [0.2, 0.25) is 0 Å². The van der Waals surface area contributed by atoms with E-state index >= 15 is 0 Å². The van der Waals surface area contributed by atoms with Gasteiger partial charge in [-0.15, -0.1) is 0 Å². The molecule has 4 atom stereocenters. The molecular formula is C15H23FN2O2. The van der Waals surface area contributed by atoms with Gasteiger partial charge in [-0.05, 0) is 13.0 Å². The summed E-state index contributed by atoms with van der Waals surface area (Å²) in [4.78, 5) is 2.14. The van der Waals surface area contributed by atoms with E-state index in [1.54, 1.807) is 26.4 Å². The Hall–Kier alpha value is -1.01. The molecule has 0 aliphatic carbocycles. The van der Waals surface area contributed by atoms with E-state index in [-0.39, 0.29) is 30.1 Å². The van der Waals surface area contributed by atoms with Crippen molar-refractivity contribution in [2.75, 3.05) is 27.3 Å². The van der Waals surface area contributed by atoms with E-state index in [2.05, 4.69) is 4.90 Å². The van der Waals surface area contributed by atoms with Gasteiger partial charge in [0.1, 0.15) is 5.82 Å². The smallest absolute Gasteiger partial charge is 0.128 e. The zero-order valence-electron chi connectivity index (χ0n) is 12.3. The zero-order chi connectivity index (χ0) is 14.7. The van der Waals surface area contributed by atoms with Crippen LogP contribution in [0.4, 0.5) is 4.39 Å². The predicted octanol–water partition coefficient (Wildman–Crippen LogP) is 1.56. The maximum absolute atomic E-state index is 14.1. The lowest BCUT2D eigenvalue weighted by Crippen LogP contribution is -2.39. The molecule has 0 amide bonds. The van der Waals surface area contributed by atoms with Crippen LogP contribution in [0.15, 0.2) is 24.3 Å².